The number of anilines is 1. The second-order valence-corrected chi connectivity index (χ2v) is 5.35. The number of hydrogen-bond donors (Lipinski definition) is 1. The van der Waals surface area contributed by atoms with Crippen LogP contribution in [0.15, 0.2) is 23.3 Å². The topological polar surface area (TPSA) is 55.7 Å². The summed E-state index contributed by atoms with van der Waals surface area (Å²) >= 11 is 1.59. The lowest BCUT2D eigenvalue weighted by Gasteiger charge is -1.97. The highest BCUT2D eigenvalue weighted by Gasteiger charge is 2.12. The summed E-state index contributed by atoms with van der Waals surface area (Å²) in [6, 6.07) is 5.70. The number of hydrogen-bond acceptors (Lipinski definition) is 6. The van der Waals surface area contributed by atoms with Gasteiger partial charge in [0.1, 0.15) is 0 Å². The zero-order valence-corrected chi connectivity index (χ0v) is 12.7. The van der Waals surface area contributed by atoms with Crippen molar-refractivity contribution in [2.24, 2.45) is 5.10 Å². The summed E-state index contributed by atoms with van der Waals surface area (Å²) in [4.78, 5) is 5.54. The molecule has 0 saturated carbocycles. The van der Waals surface area contributed by atoms with Crippen LogP contribution in [0.2, 0.25) is 0 Å². The molecule has 0 bridgehead atoms. The zero-order chi connectivity index (χ0) is 13.2. The monoisotopic (exact) mass is 311 g/mol. The molecule has 0 atom stereocenters. The smallest absolute Gasteiger partial charge is 0.231 e. The van der Waals surface area contributed by atoms with E-state index in [1.165, 1.54) is 4.88 Å². The van der Waals surface area contributed by atoms with Gasteiger partial charge >= 0.3 is 0 Å². The number of fused-ring (bicyclic) bond motifs is 1. The van der Waals surface area contributed by atoms with E-state index in [4.69, 9.17) is 9.47 Å². The number of aromatic nitrogens is 1. The predicted octanol–water partition coefficient (Wildman–Crippen LogP) is 3.36. The molecule has 0 amide bonds. The van der Waals surface area contributed by atoms with Gasteiger partial charge in [-0.25, -0.2) is 4.98 Å². The number of halogens is 1. The third-order valence-corrected chi connectivity index (χ3v) is 3.78. The average Bonchev–Trinajstić information content (AvgIpc) is 2.96. The fourth-order valence-electron chi connectivity index (χ4n) is 1.68. The number of ether oxygens (including phenoxy) is 2. The Balaban J connectivity index is 0.00000147. The van der Waals surface area contributed by atoms with Gasteiger partial charge in [-0.05, 0) is 37.6 Å². The molecule has 1 aromatic heterocycles. The molecule has 0 aliphatic carbocycles. The third-order valence-electron chi connectivity index (χ3n) is 2.80. The van der Waals surface area contributed by atoms with E-state index < -0.39 is 0 Å². The number of rotatable bonds is 3. The molecular formula is C13H14ClN3O2S. The van der Waals surface area contributed by atoms with Crippen molar-refractivity contribution in [2.75, 3.05) is 12.2 Å². The van der Waals surface area contributed by atoms with Crippen LogP contribution in [0.1, 0.15) is 16.1 Å². The van der Waals surface area contributed by atoms with Crippen LogP contribution < -0.4 is 14.9 Å². The number of aryl methyl sites for hydroxylation is 2. The maximum absolute atomic E-state index is 5.31. The van der Waals surface area contributed by atoms with Crippen LogP contribution in [0.4, 0.5) is 5.13 Å². The van der Waals surface area contributed by atoms with Gasteiger partial charge in [-0.2, -0.15) is 5.10 Å². The highest BCUT2D eigenvalue weighted by molar-refractivity contribution is 7.15. The predicted molar refractivity (Wildman–Crippen MR) is 82.6 cm³/mol. The Labute approximate surface area is 127 Å². The molecule has 5 nitrogen and oxygen atoms in total. The summed E-state index contributed by atoms with van der Waals surface area (Å²) < 4.78 is 10.6. The van der Waals surface area contributed by atoms with E-state index in [-0.39, 0.29) is 19.2 Å². The summed E-state index contributed by atoms with van der Waals surface area (Å²) in [6.45, 7) is 4.31. The van der Waals surface area contributed by atoms with Crippen molar-refractivity contribution in [3.05, 3.63) is 34.3 Å². The first-order chi connectivity index (χ1) is 9.22. The first-order valence-corrected chi connectivity index (χ1v) is 6.67. The minimum absolute atomic E-state index is 0. The molecule has 1 N–H and O–H groups in total. The molecule has 2 heterocycles. The second kappa shape index (κ2) is 6.11. The number of nitrogens with one attached hydrogen (secondary N) is 1. The van der Waals surface area contributed by atoms with Crippen LogP contribution in [0, 0.1) is 13.8 Å². The minimum atomic E-state index is 0. The molecule has 1 aliphatic rings. The van der Waals surface area contributed by atoms with Gasteiger partial charge in [0.05, 0.1) is 11.9 Å². The summed E-state index contributed by atoms with van der Waals surface area (Å²) in [7, 11) is 0. The van der Waals surface area contributed by atoms with Gasteiger partial charge in [-0.15, -0.1) is 23.7 Å². The molecule has 20 heavy (non-hydrogen) atoms. The fraction of sp³-hybridized carbons (Fsp3) is 0.231. The van der Waals surface area contributed by atoms with E-state index >= 15 is 0 Å². The van der Waals surface area contributed by atoms with Crippen molar-refractivity contribution >= 4 is 35.1 Å². The van der Waals surface area contributed by atoms with Gasteiger partial charge in [0.15, 0.2) is 11.5 Å². The van der Waals surface area contributed by atoms with E-state index in [2.05, 4.69) is 15.5 Å². The van der Waals surface area contributed by atoms with Gasteiger partial charge in [-0.3, -0.25) is 5.43 Å². The van der Waals surface area contributed by atoms with E-state index in [1.54, 1.807) is 17.6 Å². The Morgan fingerprint density at radius 2 is 2.10 bits per heavy atom. The van der Waals surface area contributed by atoms with Crippen LogP contribution in [-0.2, 0) is 0 Å². The molecule has 0 spiro atoms. The third kappa shape index (κ3) is 3.02. The van der Waals surface area contributed by atoms with Gasteiger partial charge in [0.2, 0.25) is 11.9 Å². The van der Waals surface area contributed by atoms with Crippen LogP contribution in [0.3, 0.4) is 0 Å². The Bertz CT molecular complexity index is 623. The lowest BCUT2D eigenvalue weighted by atomic mass is 10.2. The molecule has 0 radical (unpaired) electrons. The molecule has 0 unspecified atom stereocenters. The summed E-state index contributed by atoms with van der Waals surface area (Å²) in [5.74, 6) is 1.53. The number of hydrazone groups is 1. The van der Waals surface area contributed by atoms with Crippen LogP contribution in [0.25, 0.3) is 0 Å². The van der Waals surface area contributed by atoms with Gasteiger partial charge in [-0.1, -0.05) is 0 Å². The number of thiazole rings is 1. The quantitative estimate of drug-likeness (QED) is 0.697. The Morgan fingerprint density at radius 1 is 1.30 bits per heavy atom. The van der Waals surface area contributed by atoms with Crippen molar-refractivity contribution < 1.29 is 9.47 Å². The first kappa shape index (κ1) is 14.6. The molecule has 0 fully saturated rings. The lowest BCUT2D eigenvalue weighted by molar-refractivity contribution is 0.174. The summed E-state index contributed by atoms with van der Waals surface area (Å²) in [5.41, 5.74) is 4.91. The Kier molecular flexibility index (Phi) is 4.46. The summed E-state index contributed by atoms with van der Waals surface area (Å²) in [6.07, 6.45) is 1.73. The Morgan fingerprint density at radius 3 is 2.85 bits per heavy atom. The molecule has 106 valence electrons. The molecule has 0 saturated heterocycles. The largest absolute Gasteiger partial charge is 0.454 e. The zero-order valence-electron chi connectivity index (χ0n) is 11.0. The molecule has 7 heteroatoms. The SMILES string of the molecule is Cc1nc(NN=Cc2ccc3c(c2)OCO3)sc1C.Cl. The maximum atomic E-state index is 5.31. The standard InChI is InChI=1S/C13H13N3O2S.ClH/c1-8-9(2)19-13(15-8)16-14-6-10-3-4-11-12(5-10)18-7-17-11;/h3-6H,7H2,1-2H3,(H,15,16);1H. The highest BCUT2D eigenvalue weighted by Crippen LogP contribution is 2.32. The van der Waals surface area contributed by atoms with E-state index in [1.807, 2.05) is 32.0 Å². The highest BCUT2D eigenvalue weighted by atomic mass is 35.5. The van der Waals surface area contributed by atoms with Gasteiger partial charge < -0.3 is 9.47 Å². The minimum Gasteiger partial charge on any atom is -0.454 e. The van der Waals surface area contributed by atoms with Crippen molar-refractivity contribution in [3.8, 4) is 11.5 Å². The normalized spacial score (nSPS) is 12.5. The molecular weight excluding hydrogens is 298 g/mol. The van der Waals surface area contributed by atoms with Crippen LogP contribution >= 0.6 is 23.7 Å². The van der Waals surface area contributed by atoms with Crippen LogP contribution in [0.5, 0.6) is 11.5 Å². The lowest BCUT2D eigenvalue weighted by Crippen LogP contribution is -1.93. The van der Waals surface area contributed by atoms with Gasteiger partial charge in [0.25, 0.3) is 0 Å². The number of benzene rings is 1. The van der Waals surface area contributed by atoms with Crippen molar-refractivity contribution in [3.63, 3.8) is 0 Å². The van der Waals surface area contributed by atoms with E-state index in [9.17, 15) is 0 Å². The second-order valence-electron chi connectivity index (χ2n) is 4.14. The average molecular weight is 312 g/mol. The summed E-state index contributed by atoms with van der Waals surface area (Å²) in [5, 5.41) is 4.97. The van der Waals surface area contributed by atoms with Crippen molar-refractivity contribution in [1.82, 2.24) is 4.98 Å². The van der Waals surface area contributed by atoms with Crippen molar-refractivity contribution in [2.45, 2.75) is 13.8 Å². The molecule has 2 aromatic rings. The maximum Gasteiger partial charge on any atom is 0.231 e. The molecule has 1 aromatic carbocycles. The molecule has 3 rings (SSSR count). The van der Waals surface area contributed by atoms with Gasteiger partial charge in [0, 0.05) is 4.88 Å². The van der Waals surface area contributed by atoms with E-state index in [0.717, 1.165) is 27.9 Å². The molecule has 1 aliphatic heterocycles. The van der Waals surface area contributed by atoms with Crippen LogP contribution in [-0.4, -0.2) is 18.0 Å². The van der Waals surface area contributed by atoms with E-state index in [0.29, 0.717) is 0 Å². The first-order valence-electron chi connectivity index (χ1n) is 5.85. The fourth-order valence-corrected chi connectivity index (χ4v) is 2.44. The Hall–Kier alpha value is -1.79. The number of nitrogens with zero attached hydrogens (tertiary/aromatic N) is 2. The van der Waals surface area contributed by atoms with Crippen molar-refractivity contribution in [1.29, 1.82) is 0 Å².